The number of aliphatic hydroxyl groups is 1. The molecule has 1 rings (SSSR count). The van der Waals surface area contributed by atoms with Crippen molar-refractivity contribution in [3.8, 4) is 0 Å². The lowest BCUT2D eigenvalue weighted by Gasteiger charge is -2.05. The Morgan fingerprint density at radius 1 is 1.38 bits per heavy atom. The first-order valence-electron chi connectivity index (χ1n) is 5.22. The smallest absolute Gasteiger partial charge is 0.335 e. The maximum atomic E-state index is 10.9. The second kappa shape index (κ2) is 6.55. The van der Waals surface area contributed by atoms with E-state index >= 15 is 0 Å². The summed E-state index contributed by atoms with van der Waals surface area (Å²) in [7, 11) is 0. The van der Waals surface area contributed by atoms with Crippen molar-refractivity contribution in [2.75, 3.05) is 12.4 Å². The summed E-state index contributed by atoms with van der Waals surface area (Å²) in [5.41, 5.74) is 1.15. The van der Waals surface area contributed by atoms with E-state index in [0.29, 0.717) is 5.56 Å². The number of carbonyl (C=O) groups is 1. The minimum Gasteiger partial charge on any atom is -0.478 e. The molecular formula is C12H16O3S. The number of carboxylic acids is 1. The molecule has 88 valence electrons. The lowest BCUT2D eigenvalue weighted by Crippen LogP contribution is -1.99. The molecular weight excluding hydrogens is 224 g/mol. The maximum Gasteiger partial charge on any atom is 0.335 e. The van der Waals surface area contributed by atoms with Gasteiger partial charge in [0.05, 0.1) is 5.56 Å². The molecule has 0 aliphatic rings. The average Bonchev–Trinajstić information content (AvgIpc) is 2.26. The summed E-state index contributed by atoms with van der Waals surface area (Å²) in [5.74, 6) is 0.0261. The summed E-state index contributed by atoms with van der Waals surface area (Å²) < 4.78 is 0. The van der Waals surface area contributed by atoms with Crippen LogP contribution in [-0.4, -0.2) is 28.5 Å². The monoisotopic (exact) mass is 240 g/mol. The molecule has 0 aliphatic heterocycles. The van der Waals surface area contributed by atoms with E-state index < -0.39 is 5.97 Å². The minimum absolute atomic E-state index is 0.217. The van der Waals surface area contributed by atoms with E-state index in [0.717, 1.165) is 29.1 Å². The van der Waals surface area contributed by atoms with Crippen molar-refractivity contribution in [3.63, 3.8) is 0 Å². The summed E-state index contributed by atoms with van der Waals surface area (Å²) in [5, 5.41) is 17.6. The fraction of sp³-hybridized carbons (Fsp3) is 0.417. The van der Waals surface area contributed by atoms with Gasteiger partial charge in [0.15, 0.2) is 0 Å². The molecule has 0 aromatic heterocycles. The Labute approximate surface area is 99.5 Å². The molecule has 0 saturated carbocycles. The lowest BCUT2D eigenvalue weighted by atomic mass is 10.1. The molecule has 0 saturated heterocycles. The minimum atomic E-state index is -0.879. The number of unbranched alkanes of at least 4 members (excludes halogenated alkanes) is 1. The molecule has 4 heteroatoms. The largest absolute Gasteiger partial charge is 0.478 e. The van der Waals surface area contributed by atoms with Crippen molar-refractivity contribution in [3.05, 3.63) is 29.3 Å². The molecule has 1 aromatic rings. The van der Waals surface area contributed by atoms with Gasteiger partial charge >= 0.3 is 5.97 Å². The molecule has 0 bridgehead atoms. The Morgan fingerprint density at radius 3 is 2.75 bits per heavy atom. The van der Waals surface area contributed by atoms with Crippen LogP contribution < -0.4 is 0 Å². The molecule has 0 unspecified atom stereocenters. The van der Waals surface area contributed by atoms with E-state index in [1.54, 1.807) is 24.8 Å². The van der Waals surface area contributed by atoms with Crippen LogP contribution in [0.1, 0.15) is 28.8 Å². The predicted molar refractivity (Wildman–Crippen MR) is 65.2 cm³/mol. The summed E-state index contributed by atoms with van der Waals surface area (Å²) in [4.78, 5) is 11.9. The fourth-order valence-corrected chi connectivity index (χ4v) is 2.27. The second-order valence-corrected chi connectivity index (χ2v) is 4.73. The number of hydrogen-bond donors (Lipinski definition) is 2. The number of rotatable bonds is 6. The molecule has 2 N–H and O–H groups in total. The average molecular weight is 240 g/mol. The first-order chi connectivity index (χ1) is 7.65. The van der Waals surface area contributed by atoms with Gasteiger partial charge in [0.2, 0.25) is 0 Å². The lowest BCUT2D eigenvalue weighted by molar-refractivity contribution is 0.0696. The van der Waals surface area contributed by atoms with Gasteiger partial charge in [0.1, 0.15) is 0 Å². The van der Waals surface area contributed by atoms with Crippen LogP contribution in [0.15, 0.2) is 23.1 Å². The van der Waals surface area contributed by atoms with Gasteiger partial charge in [-0.3, -0.25) is 0 Å². The molecule has 0 radical (unpaired) electrons. The second-order valence-electron chi connectivity index (χ2n) is 3.56. The van der Waals surface area contributed by atoms with Crippen molar-refractivity contribution >= 4 is 17.7 Å². The number of aromatic carboxylic acids is 1. The molecule has 16 heavy (non-hydrogen) atoms. The first-order valence-corrected chi connectivity index (χ1v) is 6.21. The van der Waals surface area contributed by atoms with Gasteiger partial charge in [-0.15, -0.1) is 11.8 Å². The van der Waals surface area contributed by atoms with E-state index in [2.05, 4.69) is 0 Å². The number of benzene rings is 1. The van der Waals surface area contributed by atoms with Gasteiger partial charge in [0, 0.05) is 11.5 Å². The zero-order valence-electron chi connectivity index (χ0n) is 9.27. The molecule has 0 fully saturated rings. The molecule has 0 atom stereocenters. The Hall–Kier alpha value is -1.00. The van der Waals surface area contributed by atoms with Crippen LogP contribution >= 0.6 is 11.8 Å². The Bertz CT molecular complexity index is 363. The highest BCUT2D eigenvalue weighted by Gasteiger charge is 2.07. The van der Waals surface area contributed by atoms with Crippen molar-refractivity contribution in [1.82, 2.24) is 0 Å². The van der Waals surface area contributed by atoms with E-state index in [1.807, 2.05) is 12.1 Å². The molecule has 0 heterocycles. The highest BCUT2D eigenvalue weighted by molar-refractivity contribution is 7.99. The number of aryl methyl sites for hydroxylation is 1. The van der Waals surface area contributed by atoms with Crippen molar-refractivity contribution < 1.29 is 15.0 Å². The van der Waals surface area contributed by atoms with Crippen LogP contribution in [0.5, 0.6) is 0 Å². The van der Waals surface area contributed by atoms with Gasteiger partial charge in [0.25, 0.3) is 0 Å². The van der Waals surface area contributed by atoms with E-state index in [9.17, 15) is 4.79 Å². The highest BCUT2D eigenvalue weighted by atomic mass is 32.2. The van der Waals surface area contributed by atoms with Crippen LogP contribution in [0.25, 0.3) is 0 Å². The maximum absolute atomic E-state index is 10.9. The van der Waals surface area contributed by atoms with Crippen LogP contribution in [0.2, 0.25) is 0 Å². The molecule has 0 aliphatic carbocycles. The summed E-state index contributed by atoms with van der Waals surface area (Å²) >= 11 is 1.63. The van der Waals surface area contributed by atoms with Gasteiger partial charge in [-0.1, -0.05) is 6.07 Å². The van der Waals surface area contributed by atoms with Crippen LogP contribution in [-0.2, 0) is 0 Å². The van der Waals surface area contributed by atoms with Gasteiger partial charge < -0.3 is 10.2 Å². The van der Waals surface area contributed by atoms with E-state index in [1.165, 1.54) is 0 Å². The van der Waals surface area contributed by atoms with Crippen molar-refractivity contribution in [2.24, 2.45) is 0 Å². The molecule has 3 nitrogen and oxygen atoms in total. The predicted octanol–water partition coefficient (Wildman–Crippen LogP) is 2.56. The SMILES string of the molecule is Cc1ccc(SCCCCO)cc1C(=O)O. The van der Waals surface area contributed by atoms with Crippen molar-refractivity contribution in [1.29, 1.82) is 0 Å². The van der Waals surface area contributed by atoms with E-state index in [4.69, 9.17) is 10.2 Å². The third-order valence-electron chi connectivity index (χ3n) is 2.26. The number of hydrogen-bond acceptors (Lipinski definition) is 3. The Balaban J connectivity index is 2.61. The summed E-state index contributed by atoms with van der Waals surface area (Å²) in [6.07, 6.45) is 1.74. The number of carboxylic acid groups (broad SMARTS) is 1. The number of aliphatic hydroxyl groups excluding tert-OH is 1. The quantitative estimate of drug-likeness (QED) is 0.592. The fourth-order valence-electron chi connectivity index (χ4n) is 1.33. The van der Waals surface area contributed by atoms with Gasteiger partial charge in [-0.2, -0.15) is 0 Å². The highest BCUT2D eigenvalue weighted by Crippen LogP contribution is 2.22. The van der Waals surface area contributed by atoms with Crippen LogP contribution in [0, 0.1) is 6.92 Å². The number of thioether (sulfide) groups is 1. The Morgan fingerprint density at radius 2 is 2.12 bits per heavy atom. The first kappa shape index (κ1) is 13.1. The molecule has 1 aromatic carbocycles. The van der Waals surface area contributed by atoms with Crippen molar-refractivity contribution in [2.45, 2.75) is 24.7 Å². The Kier molecular flexibility index (Phi) is 5.35. The topological polar surface area (TPSA) is 57.5 Å². The zero-order valence-corrected chi connectivity index (χ0v) is 10.1. The third kappa shape index (κ3) is 3.87. The summed E-state index contributed by atoms with van der Waals surface area (Å²) in [6, 6.07) is 5.48. The molecule has 0 amide bonds. The third-order valence-corrected chi connectivity index (χ3v) is 3.34. The van der Waals surface area contributed by atoms with E-state index in [-0.39, 0.29) is 6.61 Å². The van der Waals surface area contributed by atoms with Gasteiger partial charge in [-0.05, 0) is 43.2 Å². The van der Waals surface area contributed by atoms with Gasteiger partial charge in [-0.25, -0.2) is 4.79 Å². The van der Waals surface area contributed by atoms with Crippen LogP contribution in [0.4, 0.5) is 0 Å². The normalized spacial score (nSPS) is 10.4. The molecule has 0 spiro atoms. The van der Waals surface area contributed by atoms with Crippen LogP contribution in [0.3, 0.4) is 0 Å². The summed E-state index contributed by atoms with van der Waals surface area (Å²) in [6.45, 7) is 2.01. The zero-order chi connectivity index (χ0) is 12.0. The standard InChI is InChI=1S/C12H16O3S/c1-9-4-5-10(8-11(9)12(14)15)16-7-3-2-6-13/h4-5,8,13H,2-3,6-7H2,1H3,(H,14,15).